The summed E-state index contributed by atoms with van der Waals surface area (Å²) in [6, 6.07) is -1.20. The van der Waals surface area contributed by atoms with Gasteiger partial charge in [0.2, 0.25) is 5.91 Å². The summed E-state index contributed by atoms with van der Waals surface area (Å²) >= 11 is 0. The first-order valence-corrected chi connectivity index (χ1v) is 20.9. The maximum atomic E-state index is 12.8. The number of rotatable bonds is 32. The smallest absolute Gasteiger partial charge is 0.220 e. The molecule has 0 aliphatic heterocycles. The van der Waals surface area contributed by atoms with Gasteiger partial charge in [-0.1, -0.05) is 167 Å². The molecule has 0 aromatic carbocycles. The van der Waals surface area contributed by atoms with Crippen LogP contribution < -0.4 is 10.6 Å². The Balaban J connectivity index is 2.09. The van der Waals surface area contributed by atoms with Crippen molar-refractivity contribution in [3.8, 4) is 0 Å². The molecule has 0 heterocycles. The van der Waals surface area contributed by atoms with Gasteiger partial charge in [0, 0.05) is 25.4 Å². The quantitative estimate of drug-likeness (QED) is 0.0281. The number of hydrogen-bond donors (Lipinski definition) is 7. The van der Waals surface area contributed by atoms with Crippen LogP contribution in [0.5, 0.6) is 0 Å². The van der Waals surface area contributed by atoms with Crippen molar-refractivity contribution < 1.29 is 30.3 Å². The molecule has 0 spiro atoms. The molecule has 8 nitrogen and oxygen atoms in total. The lowest BCUT2D eigenvalue weighted by molar-refractivity contribution is -0.123. The summed E-state index contributed by atoms with van der Waals surface area (Å²) in [6.07, 6.45) is 30.8. The molecular formula is C41H80N2O6. The second-order valence-corrected chi connectivity index (χ2v) is 15.1. The third-order valence-electron chi connectivity index (χ3n) is 10.5. The molecule has 0 radical (unpaired) electrons. The number of carbonyl (C=O) groups excluding carboxylic acids is 1. The van der Waals surface area contributed by atoms with Crippen molar-refractivity contribution >= 4 is 5.91 Å². The van der Waals surface area contributed by atoms with Crippen molar-refractivity contribution in [2.45, 2.75) is 236 Å². The highest BCUT2D eigenvalue weighted by molar-refractivity contribution is 5.76. The highest BCUT2D eigenvalue weighted by Gasteiger charge is 2.32. The largest absolute Gasteiger partial charge is 0.393 e. The Morgan fingerprint density at radius 3 is 1.51 bits per heavy atom. The van der Waals surface area contributed by atoms with Crippen LogP contribution in [0.1, 0.15) is 194 Å². The maximum absolute atomic E-state index is 12.8. The van der Waals surface area contributed by atoms with Crippen molar-refractivity contribution in [1.82, 2.24) is 10.6 Å². The van der Waals surface area contributed by atoms with Crippen molar-refractivity contribution in [2.75, 3.05) is 6.54 Å². The molecule has 7 atom stereocenters. The minimum Gasteiger partial charge on any atom is -0.393 e. The van der Waals surface area contributed by atoms with E-state index in [0.29, 0.717) is 19.3 Å². The Labute approximate surface area is 301 Å². The monoisotopic (exact) mass is 697 g/mol. The molecule has 0 aromatic rings. The summed E-state index contributed by atoms with van der Waals surface area (Å²) < 4.78 is 0. The topological polar surface area (TPSA) is 142 Å². The third kappa shape index (κ3) is 24.7. The molecule has 1 aliphatic carbocycles. The summed E-state index contributed by atoms with van der Waals surface area (Å²) in [4.78, 5) is 12.8. The van der Waals surface area contributed by atoms with Crippen LogP contribution in [0, 0.1) is 0 Å². The average Bonchev–Trinajstić information content (AvgIpc) is 3.09. The van der Waals surface area contributed by atoms with E-state index in [2.05, 4.69) is 17.6 Å². The van der Waals surface area contributed by atoms with E-state index in [1.165, 1.54) is 128 Å². The second-order valence-electron chi connectivity index (χ2n) is 15.1. The molecule has 1 amide bonds. The van der Waals surface area contributed by atoms with Gasteiger partial charge in [-0.05, 0) is 25.7 Å². The van der Waals surface area contributed by atoms with Crippen LogP contribution in [0.4, 0.5) is 0 Å². The van der Waals surface area contributed by atoms with Gasteiger partial charge in [-0.15, -0.1) is 0 Å². The summed E-state index contributed by atoms with van der Waals surface area (Å²) in [5, 5.41) is 57.9. The van der Waals surface area contributed by atoms with E-state index in [4.69, 9.17) is 0 Å². The van der Waals surface area contributed by atoms with E-state index in [0.717, 1.165) is 19.3 Å². The van der Waals surface area contributed by atoms with E-state index in [-0.39, 0.29) is 25.3 Å². The number of hydrogen-bond acceptors (Lipinski definition) is 7. The minimum absolute atomic E-state index is 0.131. The second kappa shape index (κ2) is 31.7. The number of aliphatic hydroxyl groups excluding tert-OH is 5. The van der Waals surface area contributed by atoms with Gasteiger partial charge in [0.05, 0.1) is 30.5 Å². The predicted molar refractivity (Wildman–Crippen MR) is 204 cm³/mol. The van der Waals surface area contributed by atoms with Gasteiger partial charge < -0.3 is 36.2 Å². The van der Waals surface area contributed by atoms with E-state index in [1.807, 2.05) is 13.0 Å². The standard InChI is InChI=1S/C41H80N2O6/c1-3-5-6-7-8-9-10-11-12-13-14-15-16-17-18-19-20-21-22-23-24-25-26-31-39(47)43-36(38(46)32-34(44)4-2)33-42-35-29-27-28-30-37(45)41(49)40(35)48/h27-28,34-38,40-42,44-46,48-49H,3-26,29-33H2,1-2H3,(H,43,47)/b28-27-. The third-order valence-corrected chi connectivity index (χ3v) is 10.5. The zero-order valence-electron chi connectivity index (χ0n) is 31.8. The molecule has 1 aliphatic rings. The Hall–Kier alpha value is -1.03. The lowest BCUT2D eigenvalue weighted by atomic mass is 9.93. The van der Waals surface area contributed by atoms with Gasteiger partial charge in [0.25, 0.3) is 0 Å². The number of carbonyl (C=O) groups is 1. The van der Waals surface area contributed by atoms with E-state index < -0.39 is 42.6 Å². The fourth-order valence-corrected chi connectivity index (χ4v) is 6.95. The van der Waals surface area contributed by atoms with Gasteiger partial charge >= 0.3 is 0 Å². The highest BCUT2D eigenvalue weighted by atomic mass is 16.4. The van der Waals surface area contributed by atoms with Crippen LogP contribution in [-0.4, -0.2) is 80.6 Å². The van der Waals surface area contributed by atoms with Crippen LogP contribution in [0.2, 0.25) is 0 Å². The molecule has 0 saturated heterocycles. The molecule has 0 aromatic heterocycles. The van der Waals surface area contributed by atoms with Crippen LogP contribution >= 0.6 is 0 Å². The molecule has 49 heavy (non-hydrogen) atoms. The number of unbranched alkanes of at least 4 members (excludes halogenated alkanes) is 22. The van der Waals surface area contributed by atoms with Crippen molar-refractivity contribution in [3.05, 3.63) is 12.2 Å². The summed E-state index contributed by atoms with van der Waals surface area (Å²) in [5.74, 6) is -0.131. The van der Waals surface area contributed by atoms with Gasteiger partial charge in [-0.3, -0.25) is 4.79 Å². The molecule has 7 unspecified atom stereocenters. The van der Waals surface area contributed by atoms with Crippen LogP contribution in [-0.2, 0) is 4.79 Å². The zero-order valence-corrected chi connectivity index (χ0v) is 31.8. The summed E-state index contributed by atoms with van der Waals surface area (Å²) in [6.45, 7) is 4.29. The highest BCUT2D eigenvalue weighted by Crippen LogP contribution is 2.18. The van der Waals surface area contributed by atoms with E-state index in [1.54, 1.807) is 6.08 Å². The SMILES string of the molecule is CCCCCCCCCCCCCCCCCCCCCCCCCC(=O)NC(CNC1C/C=C\CC(O)C(O)C1O)C(O)CC(O)CC. The molecule has 0 fully saturated rings. The van der Waals surface area contributed by atoms with Crippen molar-refractivity contribution in [3.63, 3.8) is 0 Å². The molecule has 0 bridgehead atoms. The van der Waals surface area contributed by atoms with Crippen LogP contribution in [0.3, 0.4) is 0 Å². The molecule has 290 valence electrons. The fraction of sp³-hybridized carbons (Fsp3) is 0.927. The first-order chi connectivity index (χ1) is 23.8. The normalized spacial score (nSPS) is 22.3. The van der Waals surface area contributed by atoms with Gasteiger partial charge in [0.15, 0.2) is 0 Å². The lowest BCUT2D eigenvalue weighted by Crippen LogP contribution is -2.56. The molecule has 8 heteroatoms. The Morgan fingerprint density at radius 2 is 1.06 bits per heavy atom. The predicted octanol–water partition coefficient (Wildman–Crippen LogP) is 7.77. The number of aliphatic hydroxyl groups is 5. The van der Waals surface area contributed by atoms with Gasteiger partial charge in [-0.25, -0.2) is 0 Å². The Bertz CT molecular complexity index is 783. The maximum Gasteiger partial charge on any atom is 0.220 e. The fourth-order valence-electron chi connectivity index (χ4n) is 6.95. The zero-order chi connectivity index (χ0) is 36.0. The lowest BCUT2D eigenvalue weighted by Gasteiger charge is -2.33. The first kappa shape index (κ1) is 46.0. The molecule has 7 N–H and O–H groups in total. The number of amides is 1. The number of nitrogens with one attached hydrogen (secondary N) is 2. The van der Waals surface area contributed by atoms with E-state index >= 15 is 0 Å². The van der Waals surface area contributed by atoms with Gasteiger partial charge in [-0.2, -0.15) is 0 Å². The summed E-state index contributed by atoms with van der Waals surface area (Å²) in [7, 11) is 0. The average molecular weight is 697 g/mol. The molecule has 0 saturated carbocycles. The first-order valence-electron chi connectivity index (χ1n) is 20.9. The van der Waals surface area contributed by atoms with Gasteiger partial charge in [0.1, 0.15) is 6.10 Å². The molecular weight excluding hydrogens is 616 g/mol. The Kier molecular flexibility index (Phi) is 29.7. The van der Waals surface area contributed by atoms with Crippen molar-refractivity contribution in [2.24, 2.45) is 0 Å². The molecule has 1 rings (SSSR count). The minimum atomic E-state index is -1.29. The van der Waals surface area contributed by atoms with Crippen molar-refractivity contribution in [1.29, 1.82) is 0 Å². The van der Waals surface area contributed by atoms with Crippen LogP contribution in [0.15, 0.2) is 12.2 Å². The van der Waals surface area contributed by atoms with Crippen LogP contribution in [0.25, 0.3) is 0 Å². The Morgan fingerprint density at radius 1 is 0.633 bits per heavy atom. The summed E-state index contributed by atoms with van der Waals surface area (Å²) in [5.41, 5.74) is 0. The van der Waals surface area contributed by atoms with E-state index in [9.17, 15) is 30.3 Å².